The van der Waals surface area contributed by atoms with Crippen molar-refractivity contribution in [3.8, 4) is 0 Å². The van der Waals surface area contributed by atoms with Gasteiger partial charge >= 0.3 is 0 Å². The summed E-state index contributed by atoms with van der Waals surface area (Å²) in [6, 6.07) is 0.777. The first-order valence-electron chi connectivity index (χ1n) is 6.85. The first kappa shape index (κ1) is 14.3. The fourth-order valence-corrected chi connectivity index (χ4v) is 3.06. The van der Waals surface area contributed by atoms with E-state index in [1.165, 1.54) is 50.7 Å². The van der Waals surface area contributed by atoms with Crippen molar-refractivity contribution in [1.29, 1.82) is 0 Å². The van der Waals surface area contributed by atoms with Crippen LogP contribution in [0.4, 0.5) is 0 Å². The van der Waals surface area contributed by atoms with Crippen LogP contribution >= 0.6 is 11.8 Å². The van der Waals surface area contributed by atoms with E-state index in [0.717, 1.165) is 24.8 Å². The summed E-state index contributed by atoms with van der Waals surface area (Å²) in [5.41, 5.74) is 0. The number of hydrogen-bond acceptors (Lipinski definition) is 3. The van der Waals surface area contributed by atoms with Crippen molar-refractivity contribution in [2.45, 2.75) is 57.4 Å². The van der Waals surface area contributed by atoms with Crippen molar-refractivity contribution < 1.29 is 5.11 Å². The van der Waals surface area contributed by atoms with E-state index in [-0.39, 0.29) is 0 Å². The normalized spacial score (nSPS) is 19.3. The minimum Gasteiger partial charge on any atom is -0.396 e. The van der Waals surface area contributed by atoms with Gasteiger partial charge in [0.15, 0.2) is 0 Å². The highest BCUT2D eigenvalue weighted by atomic mass is 32.2. The lowest BCUT2D eigenvalue weighted by atomic mass is 9.97. The first-order valence-corrected chi connectivity index (χ1v) is 8.01. The Kier molecular flexibility index (Phi) is 9.34. The van der Waals surface area contributed by atoms with Crippen LogP contribution in [0.15, 0.2) is 0 Å². The number of aliphatic hydroxyl groups is 1. The van der Waals surface area contributed by atoms with Gasteiger partial charge < -0.3 is 10.4 Å². The number of nitrogens with one attached hydrogen (secondary N) is 1. The topological polar surface area (TPSA) is 32.3 Å². The molecule has 2 nitrogen and oxygen atoms in total. The zero-order chi connectivity index (χ0) is 11.5. The van der Waals surface area contributed by atoms with Gasteiger partial charge in [0, 0.05) is 24.9 Å². The zero-order valence-electron chi connectivity index (χ0n) is 10.4. The molecule has 0 radical (unpaired) electrons. The predicted molar refractivity (Wildman–Crippen MR) is 73.1 cm³/mol. The van der Waals surface area contributed by atoms with E-state index in [2.05, 4.69) is 5.32 Å². The third-order valence-electron chi connectivity index (χ3n) is 3.23. The second-order valence-corrected chi connectivity index (χ2v) is 5.91. The fourth-order valence-electron chi connectivity index (χ4n) is 2.26. The second kappa shape index (κ2) is 10.4. The van der Waals surface area contributed by atoms with Crippen molar-refractivity contribution in [1.82, 2.24) is 5.32 Å². The lowest BCUT2D eigenvalue weighted by Gasteiger charge is -2.20. The summed E-state index contributed by atoms with van der Waals surface area (Å²) in [4.78, 5) is 0. The maximum atomic E-state index is 8.66. The SMILES string of the molecule is OCCCSCCNC1CCCCCCC1. The monoisotopic (exact) mass is 245 g/mol. The van der Waals surface area contributed by atoms with Gasteiger partial charge in [-0.1, -0.05) is 32.1 Å². The summed E-state index contributed by atoms with van der Waals surface area (Å²) < 4.78 is 0. The molecular formula is C13H27NOS. The summed E-state index contributed by atoms with van der Waals surface area (Å²) >= 11 is 1.95. The minimum absolute atomic E-state index is 0.336. The van der Waals surface area contributed by atoms with Gasteiger partial charge in [0.1, 0.15) is 0 Å². The highest BCUT2D eigenvalue weighted by Gasteiger charge is 2.09. The predicted octanol–water partition coefficient (Wildman–Crippen LogP) is 2.80. The molecule has 0 spiro atoms. The fraction of sp³-hybridized carbons (Fsp3) is 1.00. The van der Waals surface area contributed by atoms with Crippen LogP contribution in [0.1, 0.15) is 51.4 Å². The highest BCUT2D eigenvalue weighted by Crippen LogP contribution is 2.17. The smallest absolute Gasteiger partial charge is 0.0438 e. The van der Waals surface area contributed by atoms with Crippen molar-refractivity contribution in [3.05, 3.63) is 0 Å². The molecule has 1 rings (SSSR count). The van der Waals surface area contributed by atoms with Gasteiger partial charge in [0.25, 0.3) is 0 Å². The molecule has 0 aromatic carbocycles. The molecule has 1 aliphatic rings. The number of thioether (sulfide) groups is 1. The Labute approximate surface area is 105 Å². The van der Waals surface area contributed by atoms with E-state index in [4.69, 9.17) is 5.11 Å². The molecule has 1 fully saturated rings. The van der Waals surface area contributed by atoms with E-state index in [1.807, 2.05) is 11.8 Å². The van der Waals surface area contributed by atoms with E-state index < -0.39 is 0 Å². The first-order chi connectivity index (χ1) is 7.93. The lowest BCUT2D eigenvalue weighted by molar-refractivity contribution is 0.296. The molecule has 0 saturated heterocycles. The Bertz CT molecular complexity index is 147. The molecule has 16 heavy (non-hydrogen) atoms. The third kappa shape index (κ3) is 7.53. The van der Waals surface area contributed by atoms with Crippen LogP contribution < -0.4 is 5.32 Å². The number of hydrogen-bond donors (Lipinski definition) is 2. The van der Waals surface area contributed by atoms with E-state index in [0.29, 0.717) is 6.61 Å². The molecule has 0 aromatic heterocycles. The Morgan fingerprint density at radius 1 is 1.00 bits per heavy atom. The Morgan fingerprint density at radius 2 is 1.69 bits per heavy atom. The summed E-state index contributed by atoms with van der Waals surface area (Å²) in [7, 11) is 0. The molecule has 3 heteroatoms. The van der Waals surface area contributed by atoms with Gasteiger partial charge in [-0.3, -0.25) is 0 Å². The maximum absolute atomic E-state index is 8.66. The molecule has 1 saturated carbocycles. The average molecular weight is 245 g/mol. The van der Waals surface area contributed by atoms with Crippen LogP contribution in [0.25, 0.3) is 0 Å². The second-order valence-electron chi connectivity index (χ2n) is 4.69. The van der Waals surface area contributed by atoms with Crippen molar-refractivity contribution in [3.63, 3.8) is 0 Å². The Hall–Kier alpha value is 0.270. The molecule has 1 aliphatic carbocycles. The molecule has 0 bridgehead atoms. The van der Waals surface area contributed by atoms with Crippen LogP contribution in [0.3, 0.4) is 0 Å². The quantitative estimate of drug-likeness (QED) is 0.677. The summed E-state index contributed by atoms with van der Waals surface area (Å²) in [5, 5.41) is 12.3. The van der Waals surface area contributed by atoms with Gasteiger partial charge in [-0.15, -0.1) is 0 Å². The summed E-state index contributed by atoms with van der Waals surface area (Å²) in [6.45, 7) is 1.48. The molecule has 0 aromatic rings. The maximum Gasteiger partial charge on any atom is 0.0438 e. The van der Waals surface area contributed by atoms with Gasteiger partial charge in [-0.05, 0) is 25.0 Å². The van der Waals surface area contributed by atoms with Crippen molar-refractivity contribution >= 4 is 11.8 Å². The number of aliphatic hydroxyl groups excluding tert-OH is 1. The largest absolute Gasteiger partial charge is 0.396 e. The van der Waals surface area contributed by atoms with Crippen LogP contribution in [0, 0.1) is 0 Å². The average Bonchev–Trinajstić information content (AvgIpc) is 2.25. The zero-order valence-corrected chi connectivity index (χ0v) is 11.2. The van der Waals surface area contributed by atoms with Crippen molar-refractivity contribution in [2.24, 2.45) is 0 Å². The lowest BCUT2D eigenvalue weighted by Crippen LogP contribution is -2.31. The van der Waals surface area contributed by atoms with E-state index in [9.17, 15) is 0 Å². The standard InChI is InChI=1S/C13H27NOS/c15-10-6-11-16-12-9-14-13-7-4-2-1-3-5-8-13/h13-15H,1-12H2. The highest BCUT2D eigenvalue weighted by molar-refractivity contribution is 7.99. The van der Waals surface area contributed by atoms with Gasteiger partial charge in [0.2, 0.25) is 0 Å². The number of rotatable bonds is 7. The van der Waals surface area contributed by atoms with E-state index >= 15 is 0 Å². The minimum atomic E-state index is 0.336. The molecule has 0 unspecified atom stereocenters. The third-order valence-corrected chi connectivity index (χ3v) is 4.30. The summed E-state index contributed by atoms with van der Waals surface area (Å²) in [5.74, 6) is 2.29. The molecule has 0 amide bonds. The van der Waals surface area contributed by atoms with E-state index in [1.54, 1.807) is 0 Å². The van der Waals surface area contributed by atoms with Crippen LogP contribution in [0.2, 0.25) is 0 Å². The molecule has 96 valence electrons. The van der Waals surface area contributed by atoms with Crippen LogP contribution in [-0.4, -0.2) is 35.8 Å². The van der Waals surface area contributed by atoms with Gasteiger partial charge in [-0.2, -0.15) is 11.8 Å². The molecule has 0 aliphatic heterocycles. The molecular weight excluding hydrogens is 218 g/mol. The van der Waals surface area contributed by atoms with Gasteiger partial charge in [-0.25, -0.2) is 0 Å². The van der Waals surface area contributed by atoms with Crippen molar-refractivity contribution in [2.75, 3.05) is 24.7 Å². The molecule has 0 atom stereocenters. The van der Waals surface area contributed by atoms with Crippen LogP contribution in [0.5, 0.6) is 0 Å². The molecule has 0 heterocycles. The Morgan fingerprint density at radius 3 is 2.38 bits per heavy atom. The summed E-state index contributed by atoms with van der Waals surface area (Å²) in [6.07, 6.45) is 10.8. The Balaban J connectivity index is 1.93. The molecule has 2 N–H and O–H groups in total. The van der Waals surface area contributed by atoms with Gasteiger partial charge in [0.05, 0.1) is 0 Å². The van der Waals surface area contributed by atoms with Crippen LogP contribution in [-0.2, 0) is 0 Å².